The molecule has 64 heavy (non-hydrogen) atoms. The van der Waals surface area contributed by atoms with Crippen LogP contribution in [-0.2, 0) is 18.4 Å². The maximum absolute atomic E-state index is 12.9. The van der Waals surface area contributed by atoms with Gasteiger partial charge in [0.1, 0.15) is 13.2 Å². The van der Waals surface area contributed by atoms with Crippen LogP contribution in [0, 0.1) is 0 Å². The van der Waals surface area contributed by atoms with Crippen molar-refractivity contribution in [3.8, 4) is 0 Å². The zero-order valence-corrected chi connectivity index (χ0v) is 43.4. The highest BCUT2D eigenvalue weighted by Gasteiger charge is 2.23. The minimum atomic E-state index is -4.61. The summed E-state index contributed by atoms with van der Waals surface area (Å²) in [6, 6.07) is -0.919. The number of quaternary nitrogens is 1. The van der Waals surface area contributed by atoms with E-state index in [0.717, 1.165) is 70.6 Å². The minimum absolute atomic E-state index is 0.0139. The van der Waals surface area contributed by atoms with Gasteiger partial charge in [-0.05, 0) is 77.0 Å². The Morgan fingerprint density at radius 3 is 1.38 bits per heavy atom. The fraction of sp³-hybridized carbons (Fsp3) is 0.800. The molecule has 0 aromatic heterocycles. The maximum atomic E-state index is 12.9. The van der Waals surface area contributed by atoms with Gasteiger partial charge in [0, 0.05) is 6.42 Å². The van der Waals surface area contributed by atoms with Crippen molar-refractivity contribution in [3.63, 3.8) is 0 Å². The second kappa shape index (κ2) is 46.3. The molecule has 2 N–H and O–H groups in total. The monoisotopic (exact) mass is 919 g/mol. The lowest BCUT2D eigenvalue weighted by Gasteiger charge is -2.29. The molecular formula is C55H103N2O6P. The topological polar surface area (TPSA) is 108 Å². The first kappa shape index (κ1) is 62.2. The molecule has 0 aliphatic rings. The molecule has 0 radical (unpaired) electrons. The summed E-state index contributed by atoms with van der Waals surface area (Å²) in [5, 5.41) is 13.8. The van der Waals surface area contributed by atoms with E-state index in [0.29, 0.717) is 17.4 Å². The van der Waals surface area contributed by atoms with Gasteiger partial charge in [0.25, 0.3) is 7.82 Å². The minimum Gasteiger partial charge on any atom is -0.756 e. The van der Waals surface area contributed by atoms with Crippen LogP contribution in [0.2, 0.25) is 0 Å². The summed E-state index contributed by atoms with van der Waals surface area (Å²) >= 11 is 0. The van der Waals surface area contributed by atoms with E-state index in [-0.39, 0.29) is 12.5 Å². The van der Waals surface area contributed by atoms with E-state index in [2.05, 4.69) is 67.8 Å². The van der Waals surface area contributed by atoms with E-state index in [1.54, 1.807) is 6.08 Å². The number of aliphatic hydroxyl groups excluding tert-OH is 1. The molecule has 0 aromatic carbocycles. The number of nitrogens with zero attached hydrogens (tertiary/aromatic N) is 1. The highest BCUT2D eigenvalue weighted by molar-refractivity contribution is 7.45. The third-order valence-corrected chi connectivity index (χ3v) is 12.6. The van der Waals surface area contributed by atoms with Gasteiger partial charge in [-0.1, -0.05) is 209 Å². The van der Waals surface area contributed by atoms with Gasteiger partial charge in [-0.25, -0.2) is 0 Å². The van der Waals surface area contributed by atoms with Gasteiger partial charge in [-0.2, -0.15) is 0 Å². The lowest BCUT2D eigenvalue weighted by atomic mass is 10.0. The fourth-order valence-corrected chi connectivity index (χ4v) is 8.17. The predicted molar refractivity (Wildman–Crippen MR) is 274 cm³/mol. The van der Waals surface area contributed by atoms with E-state index >= 15 is 0 Å². The number of unbranched alkanes of at least 4 members (excludes halogenated alkanes) is 27. The van der Waals surface area contributed by atoms with Crippen LogP contribution in [0.1, 0.15) is 232 Å². The van der Waals surface area contributed by atoms with Crippen molar-refractivity contribution < 1.29 is 32.9 Å². The second-order valence-corrected chi connectivity index (χ2v) is 20.6. The summed E-state index contributed by atoms with van der Waals surface area (Å²) < 4.78 is 23.3. The molecule has 0 spiro atoms. The number of amides is 1. The normalized spacial score (nSPS) is 14.5. The van der Waals surface area contributed by atoms with Gasteiger partial charge in [-0.15, -0.1) is 0 Å². The molecule has 1 amide bonds. The molecule has 9 heteroatoms. The average Bonchev–Trinajstić information content (AvgIpc) is 3.25. The fourth-order valence-electron chi connectivity index (χ4n) is 7.45. The van der Waals surface area contributed by atoms with Crippen molar-refractivity contribution in [2.24, 2.45) is 0 Å². The van der Waals surface area contributed by atoms with Gasteiger partial charge in [0.05, 0.1) is 39.9 Å². The molecule has 0 bridgehead atoms. The van der Waals surface area contributed by atoms with Gasteiger partial charge < -0.3 is 28.8 Å². The van der Waals surface area contributed by atoms with Crippen molar-refractivity contribution in [2.75, 3.05) is 40.9 Å². The van der Waals surface area contributed by atoms with Crippen molar-refractivity contribution in [2.45, 2.75) is 244 Å². The third kappa shape index (κ3) is 48.1. The van der Waals surface area contributed by atoms with E-state index < -0.39 is 26.6 Å². The molecule has 3 atom stereocenters. The van der Waals surface area contributed by atoms with Crippen molar-refractivity contribution in [1.29, 1.82) is 0 Å². The highest BCUT2D eigenvalue weighted by atomic mass is 31.2. The number of carbonyl (C=O) groups excluding carboxylic acids is 1. The largest absolute Gasteiger partial charge is 0.756 e. The molecule has 0 fully saturated rings. The van der Waals surface area contributed by atoms with E-state index in [1.165, 1.54) is 141 Å². The first-order chi connectivity index (χ1) is 31.0. The van der Waals surface area contributed by atoms with E-state index in [9.17, 15) is 19.4 Å². The number of allylic oxidation sites excluding steroid dienone is 9. The molecule has 0 aliphatic carbocycles. The first-order valence-electron chi connectivity index (χ1n) is 26.7. The molecule has 0 heterocycles. The summed E-state index contributed by atoms with van der Waals surface area (Å²) in [5.41, 5.74) is 0. The quantitative estimate of drug-likeness (QED) is 0.0272. The third-order valence-electron chi connectivity index (χ3n) is 11.7. The molecule has 3 unspecified atom stereocenters. The zero-order valence-electron chi connectivity index (χ0n) is 42.5. The predicted octanol–water partition coefficient (Wildman–Crippen LogP) is 15.1. The van der Waals surface area contributed by atoms with Crippen LogP contribution in [0.3, 0.4) is 0 Å². The molecule has 8 nitrogen and oxygen atoms in total. The molecule has 0 saturated carbocycles. The Balaban J connectivity index is 4.35. The number of aliphatic hydroxyl groups is 1. The van der Waals surface area contributed by atoms with Crippen molar-refractivity contribution in [1.82, 2.24) is 5.32 Å². The zero-order chi connectivity index (χ0) is 47.1. The van der Waals surface area contributed by atoms with Crippen molar-refractivity contribution >= 4 is 13.7 Å². The Kier molecular flexibility index (Phi) is 45.0. The van der Waals surface area contributed by atoms with Gasteiger partial charge in [0.2, 0.25) is 5.91 Å². The number of hydrogen-bond acceptors (Lipinski definition) is 6. The van der Waals surface area contributed by atoms with Crippen LogP contribution in [-0.4, -0.2) is 68.5 Å². The summed E-state index contributed by atoms with van der Waals surface area (Å²) in [4.78, 5) is 25.4. The Labute approximate surface area is 396 Å². The smallest absolute Gasteiger partial charge is 0.268 e. The number of carbonyl (C=O) groups is 1. The number of hydrogen-bond donors (Lipinski definition) is 2. The van der Waals surface area contributed by atoms with Crippen LogP contribution in [0.15, 0.2) is 60.8 Å². The number of phosphoric acid groups is 1. The highest BCUT2D eigenvalue weighted by Crippen LogP contribution is 2.38. The molecule has 0 aromatic rings. The lowest BCUT2D eigenvalue weighted by molar-refractivity contribution is -0.870. The first-order valence-corrected chi connectivity index (χ1v) is 28.1. The van der Waals surface area contributed by atoms with E-state index in [1.807, 2.05) is 27.2 Å². The summed E-state index contributed by atoms with van der Waals surface area (Å²) in [6.07, 6.45) is 61.5. The standard InChI is InChI=1S/C55H103N2O6P/c1-6-8-10-12-14-16-18-20-22-24-25-26-27-28-29-30-31-32-33-34-36-38-40-42-44-46-48-54(58)53(52-63-64(60,61)62-51-50-57(3,4)5)56-55(59)49-47-45-43-41-39-37-35-23-21-19-17-15-13-11-9-7-2/h17,19,23,32-33,35,38,40,46,48,53-54,58H,6-16,18,20-22,24-31,34,36-37,39,41-45,47,49-52H2,1-5H3,(H-,56,59,60,61)/b19-17-,33-32+,35-23-,40-38+,48-46+. The number of nitrogens with one attached hydrogen (secondary N) is 1. The molecule has 0 rings (SSSR count). The maximum Gasteiger partial charge on any atom is 0.268 e. The molecule has 0 aliphatic heterocycles. The van der Waals surface area contributed by atoms with Crippen LogP contribution in [0.25, 0.3) is 0 Å². The molecular weight excluding hydrogens is 816 g/mol. The van der Waals surface area contributed by atoms with E-state index in [4.69, 9.17) is 9.05 Å². The Bertz CT molecular complexity index is 1230. The number of phosphoric ester groups is 1. The summed E-state index contributed by atoms with van der Waals surface area (Å²) in [6.45, 7) is 4.60. The van der Waals surface area contributed by atoms with Crippen LogP contribution >= 0.6 is 7.82 Å². The van der Waals surface area contributed by atoms with Gasteiger partial charge in [-0.3, -0.25) is 9.36 Å². The SMILES string of the molecule is CCCCCC/C=C\C/C=C\CCCCCCCC(=O)NC(COP(=O)([O-])OCC[N+](C)(C)C)C(O)/C=C/CC/C=C/CC/C=C/CCCCCCCCCCCCCCCCCC. The molecule has 374 valence electrons. The lowest BCUT2D eigenvalue weighted by Crippen LogP contribution is -2.45. The molecule has 0 saturated heterocycles. The number of likely N-dealkylation sites (N-methyl/N-ethyl adjacent to an activating group) is 1. The van der Waals surface area contributed by atoms with Crippen LogP contribution in [0.4, 0.5) is 0 Å². The summed E-state index contributed by atoms with van der Waals surface area (Å²) in [5.74, 6) is -0.226. The summed E-state index contributed by atoms with van der Waals surface area (Å²) in [7, 11) is 1.22. The van der Waals surface area contributed by atoms with Gasteiger partial charge in [0.15, 0.2) is 0 Å². The van der Waals surface area contributed by atoms with Crippen LogP contribution in [0.5, 0.6) is 0 Å². The van der Waals surface area contributed by atoms with Gasteiger partial charge >= 0.3 is 0 Å². The van der Waals surface area contributed by atoms with Crippen LogP contribution < -0.4 is 10.2 Å². The number of rotatable bonds is 48. The van der Waals surface area contributed by atoms with Crippen molar-refractivity contribution in [3.05, 3.63) is 60.8 Å². The Hall–Kier alpha value is -1.80. The Morgan fingerprint density at radius 1 is 0.547 bits per heavy atom. The second-order valence-electron chi connectivity index (χ2n) is 19.2. The average molecular weight is 919 g/mol. The Morgan fingerprint density at radius 2 is 0.922 bits per heavy atom.